The molecule has 0 radical (unpaired) electrons. The lowest BCUT2D eigenvalue weighted by Gasteiger charge is -2.29. The van der Waals surface area contributed by atoms with Gasteiger partial charge in [0.05, 0.1) is 0 Å². The number of Topliss-reactive ketones (excluding diaryl/α,β-unsaturated/α-hetero) is 1. The molecule has 21 heavy (non-hydrogen) atoms. The third-order valence-electron chi connectivity index (χ3n) is 3.94. The highest BCUT2D eigenvalue weighted by Crippen LogP contribution is 2.46. The Labute approximate surface area is 119 Å². The highest BCUT2D eigenvalue weighted by Gasteiger charge is 2.61. The number of ketones is 1. The van der Waals surface area contributed by atoms with Crippen molar-refractivity contribution in [1.82, 2.24) is 5.32 Å². The summed E-state index contributed by atoms with van der Waals surface area (Å²) in [6, 6.07) is 4.18. The van der Waals surface area contributed by atoms with Crippen LogP contribution in [0.1, 0.15) is 16.8 Å². The smallest absolute Gasteiger partial charge is 0.402 e. The minimum absolute atomic E-state index is 0.000255. The Kier molecular flexibility index (Phi) is 3.32. The fourth-order valence-corrected chi connectivity index (χ4v) is 2.72. The first-order chi connectivity index (χ1) is 9.94. The van der Waals surface area contributed by atoms with Crippen LogP contribution in [0.3, 0.4) is 0 Å². The van der Waals surface area contributed by atoms with E-state index in [0.29, 0.717) is 24.7 Å². The Morgan fingerprint density at radius 3 is 2.52 bits per heavy atom. The summed E-state index contributed by atoms with van der Waals surface area (Å²) in [4.78, 5) is 12.4. The maximum absolute atomic E-state index is 13.4. The molecule has 2 aliphatic heterocycles. The number of halogens is 3. The van der Waals surface area contributed by atoms with Gasteiger partial charge in [-0.05, 0) is 31.2 Å². The molecule has 2 heterocycles. The van der Waals surface area contributed by atoms with Crippen LogP contribution < -0.4 is 14.8 Å². The van der Waals surface area contributed by atoms with E-state index in [4.69, 9.17) is 9.47 Å². The van der Waals surface area contributed by atoms with Crippen molar-refractivity contribution in [2.45, 2.75) is 12.6 Å². The quantitative estimate of drug-likeness (QED) is 0.851. The van der Waals surface area contributed by atoms with E-state index in [2.05, 4.69) is 5.32 Å². The van der Waals surface area contributed by atoms with E-state index in [0.717, 1.165) is 0 Å². The van der Waals surface area contributed by atoms with Crippen LogP contribution in [-0.2, 0) is 0 Å². The van der Waals surface area contributed by atoms with Gasteiger partial charge in [-0.25, -0.2) is 0 Å². The van der Waals surface area contributed by atoms with Crippen LogP contribution >= 0.6 is 0 Å². The summed E-state index contributed by atoms with van der Waals surface area (Å²) in [5.41, 5.74) is -2.35. The minimum atomic E-state index is -4.58. The van der Waals surface area contributed by atoms with E-state index in [1.165, 1.54) is 18.2 Å². The van der Waals surface area contributed by atoms with Crippen molar-refractivity contribution in [3.05, 3.63) is 23.8 Å². The van der Waals surface area contributed by atoms with E-state index in [-0.39, 0.29) is 25.1 Å². The Morgan fingerprint density at radius 2 is 1.90 bits per heavy atom. The van der Waals surface area contributed by atoms with Crippen LogP contribution in [0.4, 0.5) is 13.2 Å². The van der Waals surface area contributed by atoms with E-state index in [1.54, 1.807) is 0 Å². The van der Waals surface area contributed by atoms with Crippen LogP contribution in [0.5, 0.6) is 11.5 Å². The molecular weight excluding hydrogens is 287 g/mol. The van der Waals surface area contributed by atoms with Crippen molar-refractivity contribution < 1.29 is 27.4 Å². The van der Waals surface area contributed by atoms with Crippen molar-refractivity contribution in [2.75, 3.05) is 26.3 Å². The lowest BCUT2D eigenvalue weighted by Crippen LogP contribution is -2.46. The molecule has 0 aliphatic carbocycles. The van der Waals surface area contributed by atoms with Crippen LogP contribution in [-0.4, -0.2) is 38.3 Å². The maximum Gasteiger partial charge on any atom is 0.402 e. The zero-order chi connectivity index (χ0) is 15.1. The first-order valence-corrected chi connectivity index (χ1v) is 6.66. The molecule has 0 saturated carbocycles. The highest BCUT2D eigenvalue weighted by molar-refractivity contribution is 6.02. The van der Waals surface area contributed by atoms with Crippen molar-refractivity contribution in [3.8, 4) is 11.5 Å². The second kappa shape index (κ2) is 4.91. The molecule has 7 heteroatoms. The molecule has 0 bridgehead atoms. The first kappa shape index (κ1) is 14.2. The van der Waals surface area contributed by atoms with Gasteiger partial charge in [0.2, 0.25) is 0 Å². The maximum atomic E-state index is 13.4. The van der Waals surface area contributed by atoms with Gasteiger partial charge in [-0.15, -0.1) is 0 Å². The van der Waals surface area contributed by atoms with Gasteiger partial charge in [0.1, 0.15) is 18.6 Å². The second-order valence-corrected chi connectivity index (χ2v) is 5.19. The molecule has 1 unspecified atom stereocenters. The van der Waals surface area contributed by atoms with Crippen LogP contribution in [0.2, 0.25) is 0 Å². The molecule has 0 spiro atoms. The average molecular weight is 301 g/mol. The number of benzene rings is 1. The van der Waals surface area contributed by atoms with Gasteiger partial charge in [-0.1, -0.05) is 0 Å². The molecule has 1 aromatic rings. The number of fused-ring (bicyclic) bond motifs is 1. The van der Waals surface area contributed by atoms with Crippen molar-refractivity contribution in [3.63, 3.8) is 0 Å². The summed E-state index contributed by atoms with van der Waals surface area (Å²) in [6.45, 7) is 0.493. The zero-order valence-corrected chi connectivity index (χ0v) is 11.1. The van der Waals surface area contributed by atoms with Gasteiger partial charge in [-0.2, -0.15) is 13.2 Å². The van der Waals surface area contributed by atoms with Gasteiger partial charge in [0.25, 0.3) is 0 Å². The van der Waals surface area contributed by atoms with E-state index in [9.17, 15) is 18.0 Å². The standard InChI is InChI=1S/C14H14F3NO3/c15-14(16,17)13(3-4-18-8-13)12(19)9-1-2-10-11(7-9)21-6-5-20-10/h1-2,7,18H,3-6,8H2. The monoisotopic (exact) mass is 301 g/mol. The lowest BCUT2D eigenvalue weighted by atomic mass is 9.78. The van der Waals surface area contributed by atoms with E-state index >= 15 is 0 Å². The summed E-state index contributed by atoms with van der Waals surface area (Å²) in [5, 5.41) is 2.64. The molecule has 1 atom stereocenters. The Bertz CT molecular complexity index is 565. The predicted octanol–water partition coefficient (Wildman–Crippen LogP) is 2.18. The lowest BCUT2D eigenvalue weighted by molar-refractivity contribution is -0.197. The second-order valence-electron chi connectivity index (χ2n) is 5.19. The third kappa shape index (κ3) is 2.25. The normalized spacial score (nSPS) is 24.9. The van der Waals surface area contributed by atoms with Crippen molar-refractivity contribution in [2.24, 2.45) is 5.41 Å². The van der Waals surface area contributed by atoms with Crippen LogP contribution in [0.15, 0.2) is 18.2 Å². The topological polar surface area (TPSA) is 47.6 Å². The van der Waals surface area contributed by atoms with Gasteiger partial charge in [0, 0.05) is 12.1 Å². The molecule has 114 valence electrons. The van der Waals surface area contributed by atoms with Gasteiger partial charge in [0.15, 0.2) is 17.3 Å². The van der Waals surface area contributed by atoms with Crippen molar-refractivity contribution >= 4 is 5.78 Å². The van der Waals surface area contributed by atoms with E-state index in [1.807, 2.05) is 0 Å². The summed E-state index contributed by atoms with van der Waals surface area (Å²) in [5.74, 6) is -0.157. The highest BCUT2D eigenvalue weighted by atomic mass is 19.4. The molecule has 3 rings (SSSR count). The SMILES string of the molecule is O=C(c1ccc2c(c1)OCCO2)C1(C(F)(F)F)CCNC1. The molecule has 1 aromatic carbocycles. The largest absolute Gasteiger partial charge is 0.486 e. The van der Waals surface area contributed by atoms with Crippen LogP contribution in [0, 0.1) is 5.41 Å². The summed E-state index contributed by atoms with van der Waals surface area (Å²) in [6.07, 6.45) is -4.83. The third-order valence-corrected chi connectivity index (χ3v) is 3.94. The summed E-state index contributed by atoms with van der Waals surface area (Å²) < 4.78 is 50.7. The number of nitrogens with one attached hydrogen (secondary N) is 1. The summed E-state index contributed by atoms with van der Waals surface area (Å²) in [7, 11) is 0. The number of alkyl halides is 3. The zero-order valence-electron chi connectivity index (χ0n) is 11.1. The number of carbonyl (C=O) groups is 1. The number of carbonyl (C=O) groups excluding carboxylic acids is 1. The fourth-order valence-electron chi connectivity index (χ4n) is 2.72. The van der Waals surface area contributed by atoms with Gasteiger partial charge < -0.3 is 14.8 Å². The fraction of sp³-hybridized carbons (Fsp3) is 0.500. The minimum Gasteiger partial charge on any atom is -0.486 e. The molecule has 2 aliphatic rings. The van der Waals surface area contributed by atoms with Gasteiger partial charge >= 0.3 is 6.18 Å². The first-order valence-electron chi connectivity index (χ1n) is 6.66. The number of rotatable bonds is 2. The Balaban J connectivity index is 1.97. The number of hydrogen-bond acceptors (Lipinski definition) is 4. The number of ether oxygens (including phenoxy) is 2. The van der Waals surface area contributed by atoms with Gasteiger partial charge in [-0.3, -0.25) is 4.79 Å². The van der Waals surface area contributed by atoms with Crippen LogP contribution in [0.25, 0.3) is 0 Å². The molecule has 4 nitrogen and oxygen atoms in total. The summed E-state index contributed by atoms with van der Waals surface area (Å²) >= 11 is 0. The predicted molar refractivity (Wildman–Crippen MR) is 67.7 cm³/mol. The molecule has 1 saturated heterocycles. The molecule has 1 N–H and O–H groups in total. The Morgan fingerprint density at radius 1 is 1.19 bits per heavy atom. The molecule has 0 aromatic heterocycles. The number of hydrogen-bond donors (Lipinski definition) is 1. The molecular formula is C14H14F3NO3. The molecule has 1 fully saturated rings. The molecule has 0 amide bonds. The van der Waals surface area contributed by atoms with Crippen molar-refractivity contribution in [1.29, 1.82) is 0 Å². The van der Waals surface area contributed by atoms with E-state index < -0.39 is 17.4 Å². The average Bonchev–Trinajstić information content (AvgIpc) is 2.96. The Hall–Kier alpha value is -1.76.